The maximum absolute atomic E-state index is 9.11. The molecule has 1 aromatic carbocycles. The molecule has 12 heavy (non-hydrogen) atoms. The first-order valence-corrected chi connectivity index (χ1v) is 4.14. The zero-order valence-corrected chi connectivity index (χ0v) is 9.02. The van der Waals surface area contributed by atoms with Crippen molar-refractivity contribution in [3.05, 3.63) is 28.2 Å². The van der Waals surface area contributed by atoms with E-state index in [1.54, 1.807) is 18.2 Å². The monoisotopic (exact) mass is 251 g/mol. The van der Waals surface area contributed by atoms with E-state index in [0.29, 0.717) is 0 Å². The van der Waals surface area contributed by atoms with E-state index in [4.69, 9.17) is 10.8 Å². The van der Waals surface area contributed by atoms with Crippen molar-refractivity contribution in [2.24, 2.45) is 5.73 Å². The van der Waals surface area contributed by atoms with Crippen LogP contribution in [0.4, 0.5) is 0 Å². The summed E-state index contributed by atoms with van der Waals surface area (Å²) >= 11 is 3.34. The number of rotatable bonds is 1. The Kier molecular flexibility index (Phi) is 4.60. The number of nitrogens with two attached hydrogens (primary N) is 1. The lowest BCUT2D eigenvalue weighted by atomic mass is 10.1. The summed E-state index contributed by atoms with van der Waals surface area (Å²) < 4.78 is 0.935. The normalized spacial score (nSPS) is 11.9. The molecule has 0 aliphatic carbocycles. The van der Waals surface area contributed by atoms with Crippen molar-refractivity contribution in [2.45, 2.75) is 13.0 Å². The summed E-state index contributed by atoms with van der Waals surface area (Å²) in [7, 11) is 0. The molecule has 0 amide bonds. The molecule has 0 radical (unpaired) electrons. The number of halogens is 2. The smallest absolute Gasteiger partial charge is 0.115 e. The van der Waals surface area contributed by atoms with Gasteiger partial charge < -0.3 is 10.8 Å². The molecule has 2 nitrogen and oxygen atoms in total. The Balaban J connectivity index is 0.00000121. The number of aromatic hydroxyl groups is 1. The second kappa shape index (κ2) is 4.70. The van der Waals surface area contributed by atoms with E-state index in [1.807, 2.05) is 6.92 Å². The minimum absolute atomic E-state index is 0. The first-order valence-electron chi connectivity index (χ1n) is 3.35. The Morgan fingerprint density at radius 2 is 2.08 bits per heavy atom. The number of hydrogen-bond donors (Lipinski definition) is 2. The predicted molar refractivity (Wildman–Crippen MR) is 55.7 cm³/mol. The average molecular weight is 253 g/mol. The Morgan fingerprint density at radius 1 is 1.50 bits per heavy atom. The van der Waals surface area contributed by atoms with Gasteiger partial charge in [-0.1, -0.05) is 15.9 Å². The van der Waals surface area contributed by atoms with Crippen molar-refractivity contribution < 1.29 is 5.11 Å². The van der Waals surface area contributed by atoms with Crippen LogP contribution in [-0.2, 0) is 0 Å². The molecule has 0 bridgehead atoms. The van der Waals surface area contributed by atoms with Gasteiger partial charge in [-0.3, -0.25) is 0 Å². The van der Waals surface area contributed by atoms with E-state index >= 15 is 0 Å². The van der Waals surface area contributed by atoms with Gasteiger partial charge in [0.1, 0.15) is 5.75 Å². The summed E-state index contributed by atoms with van der Waals surface area (Å²) in [6, 6.07) is 5.01. The second-order valence-corrected chi connectivity index (χ2v) is 3.35. The number of phenols is 1. The van der Waals surface area contributed by atoms with Gasteiger partial charge in [0.05, 0.1) is 0 Å². The van der Waals surface area contributed by atoms with Gasteiger partial charge in [-0.2, -0.15) is 0 Å². The highest BCUT2D eigenvalue weighted by Crippen LogP contribution is 2.25. The summed E-state index contributed by atoms with van der Waals surface area (Å²) in [6.45, 7) is 1.87. The third-order valence-electron chi connectivity index (χ3n) is 1.47. The molecule has 0 spiro atoms. The molecule has 0 saturated carbocycles. The van der Waals surface area contributed by atoms with Gasteiger partial charge in [0, 0.05) is 10.5 Å². The van der Waals surface area contributed by atoms with Crippen molar-refractivity contribution in [3.8, 4) is 5.75 Å². The minimum Gasteiger partial charge on any atom is -0.508 e. The van der Waals surface area contributed by atoms with Crippen LogP contribution in [0.15, 0.2) is 22.7 Å². The Morgan fingerprint density at radius 3 is 2.50 bits per heavy atom. The Bertz CT molecular complexity index is 265. The van der Waals surface area contributed by atoms with E-state index in [0.717, 1.165) is 10.0 Å². The minimum atomic E-state index is -0.0588. The largest absolute Gasteiger partial charge is 0.508 e. The first-order chi connectivity index (χ1) is 5.11. The fourth-order valence-corrected chi connectivity index (χ4v) is 1.49. The highest BCUT2D eigenvalue weighted by Gasteiger charge is 2.04. The van der Waals surface area contributed by atoms with Crippen LogP contribution < -0.4 is 5.73 Å². The molecule has 0 aliphatic heterocycles. The molecule has 0 fully saturated rings. The molecule has 0 aromatic heterocycles. The van der Waals surface area contributed by atoms with Crippen LogP contribution in [0.3, 0.4) is 0 Å². The summed E-state index contributed by atoms with van der Waals surface area (Å²) in [5.41, 5.74) is 6.56. The van der Waals surface area contributed by atoms with Crippen LogP contribution >= 0.6 is 28.3 Å². The summed E-state index contributed by atoms with van der Waals surface area (Å²) in [6.07, 6.45) is 0. The van der Waals surface area contributed by atoms with E-state index in [1.165, 1.54) is 0 Å². The van der Waals surface area contributed by atoms with Gasteiger partial charge in [0.2, 0.25) is 0 Å². The molecular formula is C8H11BrClNO. The Hall–Kier alpha value is -0.250. The van der Waals surface area contributed by atoms with Crippen LogP contribution in [0.1, 0.15) is 18.5 Å². The predicted octanol–water partition coefficient (Wildman–Crippen LogP) is 2.60. The fourth-order valence-electron chi connectivity index (χ4n) is 0.880. The molecule has 1 atom stereocenters. The quantitative estimate of drug-likeness (QED) is 0.807. The van der Waals surface area contributed by atoms with Crippen molar-refractivity contribution in [2.75, 3.05) is 0 Å². The van der Waals surface area contributed by atoms with Crippen LogP contribution in [0.25, 0.3) is 0 Å². The standard InChI is InChI=1S/C8H10BrNO.ClH/c1-5(10)7-4-6(11)2-3-8(7)9;/h2-5,11H,10H2,1H3;1H/t5-;/m0./s1. The summed E-state index contributed by atoms with van der Waals surface area (Å²) in [5.74, 6) is 0.250. The lowest BCUT2D eigenvalue weighted by Crippen LogP contribution is -2.05. The Labute approximate surface area is 86.3 Å². The van der Waals surface area contributed by atoms with E-state index in [-0.39, 0.29) is 24.2 Å². The average Bonchev–Trinajstić information content (AvgIpc) is 1.94. The van der Waals surface area contributed by atoms with Gasteiger partial charge >= 0.3 is 0 Å². The SMILES string of the molecule is C[C@H](N)c1cc(O)ccc1Br.Cl. The molecule has 3 N–H and O–H groups in total. The highest BCUT2D eigenvalue weighted by atomic mass is 79.9. The van der Waals surface area contributed by atoms with Crippen molar-refractivity contribution in [1.29, 1.82) is 0 Å². The lowest BCUT2D eigenvalue weighted by Gasteiger charge is -2.07. The summed E-state index contributed by atoms with van der Waals surface area (Å²) in [5, 5.41) is 9.11. The van der Waals surface area contributed by atoms with Gasteiger partial charge in [-0.25, -0.2) is 0 Å². The topological polar surface area (TPSA) is 46.2 Å². The first kappa shape index (κ1) is 11.8. The highest BCUT2D eigenvalue weighted by molar-refractivity contribution is 9.10. The zero-order valence-electron chi connectivity index (χ0n) is 6.62. The molecule has 0 aliphatic rings. The van der Waals surface area contributed by atoms with Crippen LogP contribution in [0.5, 0.6) is 5.75 Å². The van der Waals surface area contributed by atoms with Crippen LogP contribution in [-0.4, -0.2) is 5.11 Å². The van der Waals surface area contributed by atoms with Crippen molar-refractivity contribution in [3.63, 3.8) is 0 Å². The maximum Gasteiger partial charge on any atom is 0.115 e. The van der Waals surface area contributed by atoms with Crippen LogP contribution in [0.2, 0.25) is 0 Å². The van der Waals surface area contributed by atoms with Crippen molar-refractivity contribution in [1.82, 2.24) is 0 Å². The van der Waals surface area contributed by atoms with Gasteiger partial charge in [0.25, 0.3) is 0 Å². The second-order valence-electron chi connectivity index (χ2n) is 2.49. The molecule has 68 valence electrons. The third kappa shape index (κ3) is 2.66. The molecular weight excluding hydrogens is 241 g/mol. The fraction of sp³-hybridized carbons (Fsp3) is 0.250. The molecule has 0 saturated heterocycles. The van der Waals surface area contributed by atoms with Gasteiger partial charge in [0.15, 0.2) is 0 Å². The number of hydrogen-bond acceptors (Lipinski definition) is 2. The van der Waals surface area contributed by atoms with E-state index < -0.39 is 0 Å². The number of phenolic OH excluding ortho intramolecular Hbond substituents is 1. The number of benzene rings is 1. The molecule has 1 rings (SSSR count). The summed E-state index contributed by atoms with van der Waals surface area (Å²) in [4.78, 5) is 0. The lowest BCUT2D eigenvalue weighted by molar-refractivity contribution is 0.473. The molecule has 1 aromatic rings. The van der Waals surface area contributed by atoms with E-state index in [2.05, 4.69) is 15.9 Å². The molecule has 0 heterocycles. The maximum atomic E-state index is 9.11. The van der Waals surface area contributed by atoms with Crippen LogP contribution in [0, 0.1) is 0 Å². The molecule has 0 unspecified atom stereocenters. The molecule has 4 heteroatoms. The van der Waals surface area contributed by atoms with Crippen molar-refractivity contribution >= 4 is 28.3 Å². The van der Waals surface area contributed by atoms with Gasteiger partial charge in [-0.15, -0.1) is 12.4 Å². The third-order valence-corrected chi connectivity index (χ3v) is 2.19. The van der Waals surface area contributed by atoms with E-state index in [9.17, 15) is 0 Å². The zero-order chi connectivity index (χ0) is 8.43. The van der Waals surface area contributed by atoms with Gasteiger partial charge in [-0.05, 0) is 30.7 Å².